The van der Waals surface area contributed by atoms with E-state index in [4.69, 9.17) is 11.6 Å². The average molecular weight is 360 g/mol. The Hall–Kier alpha value is -2.61. The van der Waals surface area contributed by atoms with Gasteiger partial charge in [-0.15, -0.1) is 0 Å². The van der Waals surface area contributed by atoms with Crippen LogP contribution in [0, 0.1) is 0 Å². The van der Waals surface area contributed by atoms with Gasteiger partial charge in [0.1, 0.15) is 22.8 Å². The largest absolute Gasteiger partial charge is 0.365 e. The van der Waals surface area contributed by atoms with Gasteiger partial charge in [-0.05, 0) is 6.07 Å². The lowest BCUT2D eigenvalue weighted by Gasteiger charge is -2.36. The Bertz CT molecular complexity index is 988. The fourth-order valence-electron chi connectivity index (χ4n) is 3.20. The quantitative estimate of drug-likeness (QED) is 0.681. The Morgan fingerprint density at radius 3 is 2.56 bits per heavy atom. The van der Waals surface area contributed by atoms with Gasteiger partial charge in [0.15, 0.2) is 0 Å². The molecule has 1 aliphatic heterocycles. The summed E-state index contributed by atoms with van der Waals surface area (Å²) < 4.78 is 3.23. The third-order valence-electron chi connectivity index (χ3n) is 4.62. The highest BCUT2D eigenvalue weighted by Gasteiger charge is 2.23. The number of rotatable bonds is 2. The zero-order valence-electron chi connectivity index (χ0n) is 14.1. The summed E-state index contributed by atoms with van der Waals surface area (Å²) in [4.78, 5) is 25.1. The topological polar surface area (TPSA) is 72.1 Å². The van der Waals surface area contributed by atoms with Crippen molar-refractivity contribution in [2.45, 2.75) is 0 Å². The van der Waals surface area contributed by atoms with E-state index in [0.29, 0.717) is 5.69 Å². The molecule has 9 heteroatoms. The molecule has 8 nitrogen and oxygen atoms in total. The first-order chi connectivity index (χ1) is 12.1. The van der Waals surface area contributed by atoms with Crippen LogP contribution in [-0.4, -0.2) is 50.5 Å². The number of anilines is 2. The first-order valence-electron chi connectivity index (χ1n) is 8.04. The van der Waals surface area contributed by atoms with Gasteiger partial charge in [-0.25, -0.2) is 14.6 Å². The van der Waals surface area contributed by atoms with Gasteiger partial charge in [-0.3, -0.25) is 4.79 Å². The van der Waals surface area contributed by atoms with E-state index in [1.165, 1.54) is 4.68 Å². The number of hydrogen-bond acceptors (Lipinski definition) is 6. The maximum Gasteiger partial charge on any atom is 0.287 e. The standard InChI is InChI=1S/C16H18ClN7O/c1-21-4-3-11-14(21)18-10-19-15(11)24-7-5-23(6-8-24)12-9-20-22(2)16(25)13(12)17/h3-4,9-10H,5-8H2,1-2H3. The molecule has 0 aliphatic carbocycles. The molecule has 4 rings (SSSR count). The van der Waals surface area contributed by atoms with E-state index in [9.17, 15) is 4.79 Å². The van der Waals surface area contributed by atoms with Crippen LogP contribution in [0.1, 0.15) is 0 Å². The van der Waals surface area contributed by atoms with Crippen molar-refractivity contribution in [1.29, 1.82) is 0 Å². The maximum absolute atomic E-state index is 12.0. The van der Waals surface area contributed by atoms with Crippen molar-refractivity contribution >= 4 is 34.1 Å². The van der Waals surface area contributed by atoms with Crippen LogP contribution in [0.2, 0.25) is 5.02 Å². The lowest BCUT2D eigenvalue weighted by atomic mass is 10.2. The van der Waals surface area contributed by atoms with Crippen molar-refractivity contribution in [3.63, 3.8) is 0 Å². The molecule has 1 aliphatic rings. The van der Waals surface area contributed by atoms with E-state index in [-0.39, 0.29) is 10.6 Å². The second-order valence-corrected chi connectivity index (χ2v) is 6.49. The minimum Gasteiger partial charge on any atom is -0.365 e. The van der Waals surface area contributed by atoms with Crippen LogP contribution in [0.5, 0.6) is 0 Å². The van der Waals surface area contributed by atoms with Crippen LogP contribution in [0.4, 0.5) is 11.5 Å². The van der Waals surface area contributed by atoms with E-state index < -0.39 is 0 Å². The van der Waals surface area contributed by atoms with Crippen molar-refractivity contribution in [3.05, 3.63) is 40.2 Å². The van der Waals surface area contributed by atoms with Crippen LogP contribution in [-0.2, 0) is 14.1 Å². The molecule has 4 heterocycles. The maximum atomic E-state index is 12.0. The Morgan fingerprint density at radius 1 is 1.08 bits per heavy atom. The minimum absolute atomic E-state index is 0.221. The molecule has 0 N–H and O–H groups in total. The molecule has 1 saturated heterocycles. The van der Waals surface area contributed by atoms with Crippen molar-refractivity contribution in [3.8, 4) is 0 Å². The second-order valence-electron chi connectivity index (χ2n) is 6.11. The summed E-state index contributed by atoms with van der Waals surface area (Å²) in [5.41, 5.74) is 1.34. The van der Waals surface area contributed by atoms with Crippen molar-refractivity contribution in [1.82, 2.24) is 24.3 Å². The number of hydrogen-bond donors (Lipinski definition) is 0. The predicted molar refractivity (Wildman–Crippen MR) is 97.4 cm³/mol. The van der Waals surface area contributed by atoms with Gasteiger partial charge in [-0.1, -0.05) is 11.6 Å². The predicted octanol–water partition coefficient (Wildman–Crippen LogP) is 1.04. The molecule has 1 fully saturated rings. The minimum atomic E-state index is -0.275. The molecule has 0 unspecified atom stereocenters. The Labute approximate surface area is 149 Å². The van der Waals surface area contributed by atoms with E-state index in [1.54, 1.807) is 19.6 Å². The summed E-state index contributed by atoms with van der Waals surface area (Å²) in [6, 6.07) is 2.04. The molecular weight excluding hydrogens is 342 g/mol. The summed E-state index contributed by atoms with van der Waals surface area (Å²) in [5, 5.41) is 5.35. The number of aromatic nitrogens is 5. The van der Waals surface area contributed by atoms with Gasteiger partial charge in [0.2, 0.25) is 0 Å². The average Bonchev–Trinajstić information content (AvgIpc) is 3.02. The smallest absolute Gasteiger partial charge is 0.287 e. The molecule has 25 heavy (non-hydrogen) atoms. The normalized spacial score (nSPS) is 15.2. The molecule has 0 aromatic carbocycles. The fraction of sp³-hybridized carbons (Fsp3) is 0.375. The van der Waals surface area contributed by atoms with Crippen molar-refractivity contribution in [2.75, 3.05) is 36.0 Å². The highest BCUT2D eigenvalue weighted by atomic mass is 35.5. The van der Waals surface area contributed by atoms with Gasteiger partial charge in [0, 0.05) is 46.5 Å². The van der Waals surface area contributed by atoms with Gasteiger partial charge in [0.05, 0.1) is 17.3 Å². The van der Waals surface area contributed by atoms with Crippen molar-refractivity contribution < 1.29 is 0 Å². The third-order valence-corrected chi connectivity index (χ3v) is 4.98. The van der Waals surface area contributed by atoms with Crippen LogP contribution >= 0.6 is 11.6 Å². The van der Waals surface area contributed by atoms with Crippen LogP contribution in [0.3, 0.4) is 0 Å². The summed E-state index contributed by atoms with van der Waals surface area (Å²) in [6.45, 7) is 3.05. The van der Waals surface area contributed by atoms with Crippen molar-refractivity contribution in [2.24, 2.45) is 14.1 Å². The first-order valence-corrected chi connectivity index (χ1v) is 8.42. The fourth-order valence-corrected chi connectivity index (χ4v) is 3.49. The van der Waals surface area contributed by atoms with Gasteiger partial charge in [-0.2, -0.15) is 5.10 Å². The molecule has 130 valence electrons. The zero-order chi connectivity index (χ0) is 17.6. The second kappa shape index (κ2) is 6.03. The molecule has 0 radical (unpaired) electrons. The molecular formula is C16H18ClN7O. The molecule has 0 amide bonds. The Balaban J connectivity index is 1.57. The summed E-state index contributed by atoms with van der Waals surface area (Å²) in [6.07, 6.45) is 5.25. The SMILES string of the molecule is Cn1ncc(N2CCN(c3ncnc4c3ccn4C)CC2)c(Cl)c1=O. The molecule has 0 bridgehead atoms. The van der Waals surface area contributed by atoms with E-state index in [2.05, 4.69) is 24.9 Å². The highest BCUT2D eigenvalue weighted by Crippen LogP contribution is 2.27. The zero-order valence-corrected chi connectivity index (χ0v) is 14.8. The Morgan fingerprint density at radius 2 is 1.80 bits per heavy atom. The summed E-state index contributed by atoms with van der Waals surface area (Å²) in [7, 11) is 3.57. The van der Waals surface area contributed by atoms with Crippen LogP contribution < -0.4 is 15.4 Å². The molecule has 0 spiro atoms. The van der Waals surface area contributed by atoms with E-state index in [1.807, 2.05) is 23.9 Å². The molecule has 0 atom stereocenters. The van der Waals surface area contributed by atoms with Gasteiger partial charge in [0.25, 0.3) is 5.56 Å². The molecule has 3 aromatic heterocycles. The van der Waals surface area contributed by atoms with E-state index >= 15 is 0 Å². The lowest BCUT2D eigenvalue weighted by Crippen LogP contribution is -2.47. The van der Waals surface area contributed by atoms with Crippen LogP contribution in [0.25, 0.3) is 11.0 Å². The molecule has 0 saturated carbocycles. The van der Waals surface area contributed by atoms with Gasteiger partial charge >= 0.3 is 0 Å². The van der Waals surface area contributed by atoms with Gasteiger partial charge < -0.3 is 14.4 Å². The Kier molecular flexibility index (Phi) is 3.84. The molecule has 3 aromatic rings. The number of piperazine rings is 1. The number of halogens is 1. The highest BCUT2D eigenvalue weighted by molar-refractivity contribution is 6.33. The first kappa shape index (κ1) is 15.9. The summed E-state index contributed by atoms with van der Waals surface area (Å²) in [5.74, 6) is 0.943. The number of nitrogens with zero attached hydrogens (tertiary/aromatic N) is 7. The third kappa shape index (κ3) is 2.62. The number of fused-ring (bicyclic) bond motifs is 1. The van der Waals surface area contributed by atoms with Crippen LogP contribution in [0.15, 0.2) is 29.6 Å². The van der Waals surface area contributed by atoms with E-state index in [0.717, 1.165) is 43.0 Å². The summed E-state index contributed by atoms with van der Waals surface area (Å²) >= 11 is 6.21. The number of aryl methyl sites for hydroxylation is 2. The monoisotopic (exact) mass is 359 g/mol. The lowest BCUT2D eigenvalue weighted by molar-refractivity contribution is 0.639.